The van der Waals surface area contributed by atoms with Gasteiger partial charge in [-0.15, -0.1) is 0 Å². The van der Waals surface area contributed by atoms with Crippen LogP contribution >= 0.6 is 24.0 Å². The van der Waals surface area contributed by atoms with Gasteiger partial charge in [0.1, 0.15) is 4.32 Å². The Kier molecular flexibility index (Phi) is 6.68. The van der Waals surface area contributed by atoms with Gasteiger partial charge in [0, 0.05) is 39.1 Å². The van der Waals surface area contributed by atoms with Gasteiger partial charge in [0.05, 0.1) is 4.91 Å². The molecular weight excluding hydrogens is 378 g/mol. The number of piperazine rings is 1. The summed E-state index contributed by atoms with van der Waals surface area (Å²) < 4.78 is 0.574. The standard InChI is InChI=1S/C20H25N3O2S2/c1-15-5-7-16(8-6-15)14-17-19(25)23(20(26)27-17)9-3-4-18(24)22-12-10-21(2)11-13-22/h5-8,14H,3-4,9-13H2,1-2H3/b17-14+. The van der Waals surface area contributed by atoms with Crippen molar-refractivity contribution in [3.8, 4) is 0 Å². The number of aryl methyl sites for hydroxylation is 1. The first-order chi connectivity index (χ1) is 12.9. The van der Waals surface area contributed by atoms with Gasteiger partial charge in [-0.3, -0.25) is 14.5 Å². The van der Waals surface area contributed by atoms with Gasteiger partial charge in [-0.05, 0) is 32.0 Å². The molecule has 0 bridgehead atoms. The maximum absolute atomic E-state index is 12.6. The number of hydrogen-bond donors (Lipinski definition) is 0. The molecule has 1 aromatic carbocycles. The van der Waals surface area contributed by atoms with Crippen molar-refractivity contribution in [2.75, 3.05) is 39.8 Å². The van der Waals surface area contributed by atoms with E-state index in [4.69, 9.17) is 12.2 Å². The molecule has 0 aromatic heterocycles. The Morgan fingerprint density at radius 2 is 1.85 bits per heavy atom. The predicted octanol–water partition coefficient (Wildman–Crippen LogP) is 2.75. The van der Waals surface area contributed by atoms with Gasteiger partial charge in [0.15, 0.2) is 0 Å². The molecule has 1 aromatic rings. The molecule has 0 atom stereocenters. The van der Waals surface area contributed by atoms with E-state index >= 15 is 0 Å². The summed E-state index contributed by atoms with van der Waals surface area (Å²) >= 11 is 6.71. The third-order valence-electron chi connectivity index (χ3n) is 4.88. The molecule has 0 radical (unpaired) electrons. The second-order valence-electron chi connectivity index (χ2n) is 7.03. The lowest BCUT2D eigenvalue weighted by atomic mass is 10.1. The molecule has 2 heterocycles. The molecule has 5 nitrogen and oxygen atoms in total. The van der Waals surface area contributed by atoms with Crippen LogP contribution in [0.1, 0.15) is 24.0 Å². The zero-order valence-corrected chi connectivity index (χ0v) is 17.4. The lowest BCUT2D eigenvalue weighted by molar-refractivity contribution is -0.133. The van der Waals surface area contributed by atoms with Gasteiger partial charge in [0.2, 0.25) is 5.91 Å². The van der Waals surface area contributed by atoms with Crippen molar-refractivity contribution in [3.05, 3.63) is 40.3 Å². The minimum atomic E-state index is -0.0578. The third kappa shape index (κ3) is 5.18. The summed E-state index contributed by atoms with van der Waals surface area (Å²) in [5.74, 6) is 0.112. The average Bonchev–Trinajstić information content (AvgIpc) is 2.91. The number of carbonyl (C=O) groups excluding carboxylic acids is 2. The number of nitrogens with zero attached hydrogens (tertiary/aromatic N) is 3. The van der Waals surface area contributed by atoms with Crippen LogP contribution in [0.15, 0.2) is 29.2 Å². The van der Waals surface area contributed by atoms with Crippen molar-refractivity contribution in [3.63, 3.8) is 0 Å². The number of thioether (sulfide) groups is 1. The Hall–Kier alpha value is -1.70. The molecule has 144 valence electrons. The van der Waals surface area contributed by atoms with Crippen LogP contribution < -0.4 is 0 Å². The van der Waals surface area contributed by atoms with E-state index in [0.29, 0.717) is 28.6 Å². The van der Waals surface area contributed by atoms with E-state index in [1.165, 1.54) is 17.3 Å². The molecule has 2 fully saturated rings. The number of rotatable bonds is 5. The van der Waals surface area contributed by atoms with E-state index in [2.05, 4.69) is 11.9 Å². The number of benzene rings is 1. The number of hydrogen-bond acceptors (Lipinski definition) is 5. The summed E-state index contributed by atoms with van der Waals surface area (Å²) in [5, 5.41) is 0. The molecule has 27 heavy (non-hydrogen) atoms. The highest BCUT2D eigenvalue weighted by molar-refractivity contribution is 8.26. The molecular formula is C20H25N3O2S2. The van der Waals surface area contributed by atoms with Crippen molar-refractivity contribution in [2.24, 2.45) is 0 Å². The van der Waals surface area contributed by atoms with Crippen molar-refractivity contribution in [2.45, 2.75) is 19.8 Å². The van der Waals surface area contributed by atoms with Crippen molar-refractivity contribution in [1.82, 2.24) is 14.7 Å². The van der Waals surface area contributed by atoms with Crippen molar-refractivity contribution >= 4 is 46.2 Å². The molecule has 2 aliphatic rings. The molecule has 0 unspecified atom stereocenters. The van der Waals surface area contributed by atoms with Crippen LogP contribution in [-0.2, 0) is 9.59 Å². The monoisotopic (exact) mass is 403 g/mol. The molecule has 2 saturated heterocycles. The molecule has 7 heteroatoms. The fourth-order valence-corrected chi connectivity index (χ4v) is 4.42. The second kappa shape index (κ2) is 8.99. The summed E-state index contributed by atoms with van der Waals surface area (Å²) in [7, 11) is 2.07. The van der Waals surface area contributed by atoms with Crippen LogP contribution in [0.2, 0.25) is 0 Å². The van der Waals surface area contributed by atoms with Crippen LogP contribution in [0.5, 0.6) is 0 Å². The first-order valence-electron chi connectivity index (χ1n) is 9.22. The molecule has 0 aliphatic carbocycles. The number of carbonyl (C=O) groups is 2. The fourth-order valence-electron chi connectivity index (χ4n) is 3.11. The maximum atomic E-state index is 12.6. The van der Waals surface area contributed by atoms with Gasteiger partial charge in [-0.1, -0.05) is 53.8 Å². The summed E-state index contributed by atoms with van der Waals surface area (Å²) in [6.07, 6.45) is 2.97. The van der Waals surface area contributed by atoms with Crippen LogP contribution in [0, 0.1) is 6.92 Å². The summed E-state index contributed by atoms with van der Waals surface area (Å²) in [5.41, 5.74) is 2.18. The average molecular weight is 404 g/mol. The Morgan fingerprint density at radius 3 is 2.52 bits per heavy atom. The third-order valence-corrected chi connectivity index (χ3v) is 6.25. The van der Waals surface area contributed by atoms with Gasteiger partial charge in [-0.25, -0.2) is 0 Å². The summed E-state index contributed by atoms with van der Waals surface area (Å²) in [6, 6.07) is 8.04. The number of amides is 2. The Morgan fingerprint density at radius 1 is 1.19 bits per heavy atom. The highest BCUT2D eigenvalue weighted by Crippen LogP contribution is 2.32. The highest BCUT2D eigenvalue weighted by Gasteiger charge is 2.31. The van der Waals surface area contributed by atoms with E-state index in [9.17, 15) is 9.59 Å². The maximum Gasteiger partial charge on any atom is 0.266 e. The number of thiocarbonyl (C=S) groups is 1. The second-order valence-corrected chi connectivity index (χ2v) is 8.71. The molecule has 2 amide bonds. The van der Waals surface area contributed by atoms with Crippen molar-refractivity contribution in [1.29, 1.82) is 0 Å². The predicted molar refractivity (Wildman–Crippen MR) is 114 cm³/mol. The Labute approximate surface area is 170 Å². The van der Waals surface area contributed by atoms with Crippen LogP contribution in [-0.4, -0.2) is 70.6 Å². The first-order valence-corrected chi connectivity index (χ1v) is 10.4. The molecule has 0 N–H and O–H groups in total. The van der Waals surface area contributed by atoms with Gasteiger partial charge < -0.3 is 9.80 Å². The zero-order valence-electron chi connectivity index (χ0n) is 15.8. The van der Waals surface area contributed by atoms with Gasteiger partial charge in [0.25, 0.3) is 5.91 Å². The molecule has 2 aliphatic heterocycles. The van der Waals surface area contributed by atoms with Crippen LogP contribution in [0.4, 0.5) is 0 Å². The highest BCUT2D eigenvalue weighted by atomic mass is 32.2. The lowest BCUT2D eigenvalue weighted by Crippen LogP contribution is -2.47. The first kappa shape index (κ1) is 20.0. The van der Waals surface area contributed by atoms with E-state index in [-0.39, 0.29) is 11.8 Å². The topological polar surface area (TPSA) is 43.9 Å². The van der Waals surface area contributed by atoms with Crippen LogP contribution in [0.25, 0.3) is 6.08 Å². The molecule has 0 saturated carbocycles. The summed E-state index contributed by atoms with van der Waals surface area (Å²) in [6.45, 7) is 5.95. The smallest absolute Gasteiger partial charge is 0.266 e. The fraction of sp³-hybridized carbons (Fsp3) is 0.450. The zero-order chi connectivity index (χ0) is 19.4. The summed E-state index contributed by atoms with van der Waals surface area (Å²) in [4.78, 5) is 31.4. The lowest BCUT2D eigenvalue weighted by Gasteiger charge is -2.32. The van der Waals surface area contributed by atoms with Gasteiger partial charge in [-0.2, -0.15) is 0 Å². The minimum absolute atomic E-state index is 0.0578. The quantitative estimate of drug-likeness (QED) is 0.559. The van der Waals surface area contributed by atoms with E-state index in [0.717, 1.165) is 31.7 Å². The van der Waals surface area contributed by atoms with E-state index in [1.54, 1.807) is 4.90 Å². The van der Waals surface area contributed by atoms with Gasteiger partial charge >= 0.3 is 0 Å². The number of likely N-dealkylation sites (N-methyl/N-ethyl adjacent to an activating group) is 1. The normalized spacial score (nSPS) is 20.0. The van der Waals surface area contributed by atoms with E-state index in [1.807, 2.05) is 42.2 Å². The van der Waals surface area contributed by atoms with Crippen LogP contribution in [0.3, 0.4) is 0 Å². The minimum Gasteiger partial charge on any atom is -0.340 e. The molecule has 3 rings (SSSR count). The van der Waals surface area contributed by atoms with E-state index < -0.39 is 0 Å². The largest absolute Gasteiger partial charge is 0.340 e. The molecule has 0 spiro atoms. The SMILES string of the molecule is Cc1ccc(/C=C2/SC(=S)N(CCCC(=O)N3CCN(C)CC3)C2=O)cc1. The van der Waals surface area contributed by atoms with Crippen molar-refractivity contribution < 1.29 is 9.59 Å². The Balaban J connectivity index is 1.52. The Bertz CT molecular complexity index is 753.